The molecule has 9 nitrogen and oxygen atoms in total. The minimum atomic E-state index is -3.81. The summed E-state index contributed by atoms with van der Waals surface area (Å²) in [5.74, 6) is -0.430. The van der Waals surface area contributed by atoms with Crippen LogP contribution in [0.25, 0.3) is 0 Å². The van der Waals surface area contributed by atoms with Crippen LogP contribution in [0.1, 0.15) is 20.9 Å². The van der Waals surface area contributed by atoms with Gasteiger partial charge in [-0.15, -0.1) is 0 Å². The Hall–Kier alpha value is -3.28. The number of nitrogens with two attached hydrogens (primary N) is 1. The van der Waals surface area contributed by atoms with Crippen LogP contribution >= 0.6 is 11.3 Å². The zero-order valence-electron chi connectivity index (χ0n) is 16.1. The summed E-state index contributed by atoms with van der Waals surface area (Å²) < 4.78 is 22.6. The number of hydrogen-bond donors (Lipinski definition) is 4. The van der Waals surface area contributed by atoms with Crippen molar-refractivity contribution in [3.05, 3.63) is 64.7 Å². The maximum absolute atomic E-state index is 12.5. The maximum atomic E-state index is 12.5. The van der Waals surface area contributed by atoms with Crippen LogP contribution in [-0.2, 0) is 10.0 Å². The average Bonchev–Trinajstić information content (AvgIpc) is 3.01. The molecule has 0 fully saturated rings. The third-order valence-corrected chi connectivity index (χ3v) is 5.94. The van der Waals surface area contributed by atoms with E-state index in [4.69, 9.17) is 5.14 Å². The minimum Gasteiger partial charge on any atom is -0.321 e. The van der Waals surface area contributed by atoms with E-state index in [9.17, 15) is 18.0 Å². The second-order valence-corrected chi connectivity index (χ2v) is 8.97. The number of amides is 3. The van der Waals surface area contributed by atoms with Crippen LogP contribution < -0.4 is 21.1 Å². The van der Waals surface area contributed by atoms with Crippen LogP contribution in [0.4, 0.5) is 21.3 Å². The number of aromatic nitrogens is 1. The summed E-state index contributed by atoms with van der Waals surface area (Å²) in [5.41, 5.74) is 2.49. The molecule has 30 heavy (non-hydrogen) atoms. The molecule has 0 saturated carbocycles. The van der Waals surface area contributed by atoms with Crippen molar-refractivity contribution in [2.45, 2.75) is 18.7 Å². The number of thiazole rings is 1. The van der Waals surface area contributed by atoms with E-state index in [1.165, 1.54) is 24.3 Å². The van der Waals surface area contributed by atoms with Crippen molar-refractivity contribution in [2.75, 3.05) is 16.0 Å². The molecule has 0 saturated heterocycles. The first-order valence-electron chi connectivity index (χ1n) is 8.68. The van der Waals surface area contributed by atoms with Crippen molar-refractivity contribution in [3.8, 4) is 0 Å². The smallest absolute Gasteiger partial charge is 0.321 e. The number of carbonyl (C=O) groups excluding carboxylic acids is 2. The molecule has 0 aliphatic rings. The molecule has 0 radical (unpaired) electrons. The molecule has 5 N–H and O–H groups in total. The number of anilines is 3. The lowest BCUT2D eigenvalue weighted by Crippen LogP contribution is -2.19. The Bertz CT molecular complexity index is 1200. The first-order chi connectivity index (χ1) is 14.1. The predicted molar refractivity (Wildman–Crippen MR) is 116 cm³/mol. The fourth-order valence-electron chi connectivity index (χ4n) is 2.56. The van der Waals surface area contributed by atoms with E-state index in [-0.39, 0.29) is 10.0 Å². The summed E-state index contributed by atoms with van der Waals surface area (Å²) in [6.07, 6.45) is 0. The summed E-state index contributed by atoms with van der Waals surface area (Å²) in [4.78, 5) is 29.2. The number of primary sulfonamides is 1. The highest BCUT2D eigenvalue weighted by Gasteiger charge is 2.17. The SMILES string of the molecule is Cc1cccc(NC(=O)Nc2nc(C)c(C(=O)Nc3ccc(S(N)(=O)=O)cc3)s2)c1. The molecule has 0 aliphatic carbocycles. The molecule has 3 amide bonds. The molecule has 156 valence electrons. The summed E-state index contributed by atoms with van der Waals surface area (Å²) in [5, 5.41) is 13.3. The number of aryl methyl sites for hydroxylation is 2. The normalized spacial score (nSPS) is 11.0. The van der Waals surface area contributed by atoms with Crippen molar-refractivity contribution in [1.82, 2.24) is 4.98 Å². The van der Waals surface area contributed by atoms with E-state index in [1.54, 1.807) is 13.0 Å². The van der Waals surface area contributed by atoms with Gasteiger partial charge in [0.15, 0.2) is 5.13 Å². The van der Waals surface area contributed by atoms with Gasteiger partial charge in [0, 0.05) is 11.4 Å². The van der Waals surface area contributed by atoms with Gasteiger partial charge in [0.2, 0.25) is 10.0 Å². The summed E-state index contributed by atoms with van der Waals surface area (Å²) >= 11 is 1.03. The first kappa shape index (κ1) is 21.4. The van der Waals surface area contributed by atoms with Crippen molar-refractivity contribution in [2.24, 2.45) is 5.14 Å². The fraction of sp³-hybridized carbons (Fsp3) is 0.105. The quantitative estimate of drug-likeness (QED) is 0.476. The first-order valence-corrected chi connectivity index (χ1v) is 11.0. The monoisotopic (exact) mass is 445 g/mol. The van der Waals surface area contributed by atoms with E-state index in [2.05, 4.69) is 20.9 Å². The van der Waals surface area contributed by atoms with E-state index < -0.39 is 22.0 Å². The highest BCUT2D eigenvalue weighted by atomic mass is 32.2. The maximum Gasteiger partial charge on any atom is 0.325 e. The van der Waals surface area contributed by atoms with Crippen molar-refractivity contribution >= 4 is 49.8 Å². The molecule has 0 bridgehead atoms. The third-order valence-electron chi connectivity index (χ3n) is 3.94. The Balaban J connectivity index is 1.66. The van der Waals surface area contributed by atoms with Gasteiger partial charge in [-0.2, -0.15) is 0 Å². The highest BCUT2D eigenvalue weighted by molar-refractivity contribution is 7.89. The number of nitrogens with zero attached hydrogens (tertiary/aromatic N) is 1. The summed E-state index contributed by atoms with van der Waals surface area (Å²) in [7, 11) is -3.81. The topological polar surface area (TPSA) is 143 Å². The van der Waals surface area contributed by atoms with E-state index >= 15 is 0 Å². The molecule has 1 aromatic heterocycles. The second-order valence-electron chi connectivity index (χ2n) is 6.41. The Labute approximate surface area is 177 Å². The zero-order chi connectivity index (χ0) is 21.9. The zero-order valence-corrected chi connectivity index (χ0v) is 17.7. The summed E-state index contributed by atoms with van der Waals surface area (Å²) in [6.45, 7) is 3.57. The lowest BCUT2D eigenvalue weighted by Gasteiger charge is -2.06. The van der Waals surface area contributed by atoms with Gasteiger partial charge in [-0.3, -0.25) is 10.1 Å². The molecule has 3 aromatic rings. The minimum absolute atomic E-state index is 0.0550. The van der Waals surface area contributed by atoms with Crippen molar-refractivity contribution in [1.29, 1.82) is 0 Å². The number of nitrogens with one attached hydrogen (secondary N) is 3. The average molecular weight is 446 g/mol. The third kappa shape index (κ3) is 5.41. The van der Waals surface area contributed by atoms with E-state index in [0.717, 1.165) is 16.9 Å². The van der Waals surface area contributed by atoms with Crippen LogP contribution in [0.5, 0.6) is 0 Å². The molecule has 0 spiro atoms. The van der Waals surface area contributed by atoms with Gasteiger partial charge in [-0.1, -0.05) is 23.5 Å². The Morgan fingerprint density at radius 3 is 2.30 bits per heavy atom. The Morgan fingerprint density at radius 1 is 0.967 bits per heavy atom. The van der Waals surface area contributed by atoms with Crippen LogP contribution in [0, 0.1) is 13.8 Å². The molecule has 2 aromatic carbocycles. The predicted octanol–water partition coefficient (Wildman–Crippen LogP) is 3.30. The molecule has 0 aliphatic heterocycles. The van der Waals surface area contributed by atoms with Gasteiger partial charge in [0.05, 0.1) is 10.6 Å². The van der Waals surface area contributed by atoms with Gasteiger partial charge in [0.25, 0.3) is 5.91 Å². The van der Waals surface area contributed by atoms with Gasteiger partial charge in [-0.25, -0.2) is 23.3 Å². The number of urea groups is 1. The molecule has 0 atom stereocenters. The molecule has 1 heterocycles. The number of hydrogen-bond acceptors (Lipinski definition) is 6. The number of rotatable bonds is 5. The highest BCUT2D eigenvalue weighted by Crippen LogP contribution is 2.24. The van der Waals surface area contributed by atoms with E-state index in [1.807, 2.05) is 25.1 Å². The Morgan fingerprint density at radius 2 is 1.67 bits per heavy atom. The number of carbonyl (C=O) groups is 2. The van der Waals surface area contributed by atoms with E-state index in [0.29, 0.717) is 21.9 Å². The molecule has 3 rings (SSSR count). The van der Waals surface area contributed by atoms with Gasteiger partial charge in [-0.05, 0) is 55.8 Å². The van der Waals surface area contributed by atoms with Gasteiger partial charge < -0.3 is 10.6 Å². The van der Waals surface area contributed by atoms with Crippen LogP contribution in [0.15, 0.2) is 53.4 Å². The van der Waals surface area contributed by atoms with Crippen molar-refractivity contribution in [3.63, 3.8) is 0 Å². The van der Waals surface area contributed by atoms with Gasteiger partial charge >= 0.3 is 6.03 Å². The summed E-state index contributed by atoms with van der Waals surface area (Å²) in [6, 6.07) is 12.3. The molecule has 11 heteroatoms. The van der Waals surface area contributed by atoms with Crippen LogP contribution in [0.2, 0.25) is 0 Å². The second kappa shape index (κ2) is 8.61. The largest absolute Gasteiger partial charge is 0.325 e. The standard InChI is InChI=1S/C19H19N5O4S2/c1-11-4-3-5-14(10-11)23-18(26)24-19-21-12(2)16(29-19)17(25)22-13-6-8-15(9-7-13)30(20,27)28/h3-10H,1-2H3,(H,22,25)(H2,20,27,28)(H2,21,23,24,26). The molecular formula is C19H19N5O4S2. The Kier molecular flexibility index (Phi) is 6.15. The van der Waals surface area contributed by atoms with Crippen LogP contribution in [0.3, 0.4) is 0 Å². The number of benzene rings is 2. The number of sulfonamides is 1. The fourth-order valence-corrected chi connectivity index (χ4v) is 3.93. The molecular weight excluding hydrogens is 426 g/mol. The van der Waals surface area contributed by atoms with Crippen molar-refractivity contribution < 1.29 is 18.0 Å². The van der Waals surface area contributed by atoms with Crippen LogP contribution in [-0.4, -0.2) is 25.3 Å². The van der Waals surface area contributed by atoms with Gasteiger partial charge in [0.1, 0.15) is 4.88 Å². The molecule has 0 unspecified atom stereocenters. The lowest BCUT2D eigenvalue weighted by atomic mass is 10.2. The lowest BCUT2D eigenvalue weighted by molar-refractivity contribution is 0.102.